The fraction of sp³-hybridized carbons (Fsp3) is 0.367. The Morgan fingerprint density at radius 2 is 1.82 bits per heavy atom. The van der Waals surface area contributed by atoms with Crippen LogP contribution < -0.4 is 10.2 Å². The molecule has 1 saturated heterocycles. The van der Waals surface area contributed by atoms with Gasteiger partial charge in [-0.25, -0.2) is 9.97 Å². The quantitative estimate of drug-likeness (QED) is 0.290. The van der Waals surface area contributed by atoms with E-state index in [0.717, 1.165) is 78.8 Å². The van der Waals surface area contributed by atoms with Crippen molar-refractivity contribution in [2.45, 2.75) is 25.8 Å². The van der Waals surface area contributed by atoms with Crippen LogP contribution in [0, 0.1) is 0 Å². The lowest BCUT2D eigenvalue weighted by atomic mass is 10.1. The van der Waals surface area contributed by atoms with E-state index < -0.39 is 0 Å². The third-order valence-electron chi connectivity index (χ3n) is 6.92. The third kappa shape index (κ3) is 6.75. The van der Waals surface area contributed by atoms with Crippen LogP contribution in [0.4, 0.5) is 5.82 Å². The molecular weight excluding hydrogens is 494 g/mol. The zero-order valence-corrected chi connectivity index (χ0v) is 22.7. The number of carbonyl (C=O) groups is 1. The summed E-state index contributed by atoms with van der Waals surface area (Å²) in [6.45, 7) is 7.95. The number of anilines is 1. The maximum absolute atomic E-state index is 13.0. The van der Waals surface area contributed by atoms with E-state index >= 15 is 0 Å². The fourth-order valence-electron chi connectivity index (χ4n) is 4.83. The van der Waals surface area contributed by atoms with Crippen molar-refractivity contribution in [1.29, 1.82) is 0 Å². The smallest absolute Gasteiger partial charge is 0.222 e. The molecular formula is C30H35N5O2S. The van der Waals surface area contributed by atoms with E-state index in [1.54, 1.807) is 11.3 Å². The minimum absolute atomic E-state index is 0.0382. The molecule has 198 valence electrons. The largest absolute Gasteiger partial charge is 0.379 e. The molecule has 0 radical (unpaired) electrons. The average molecular weight is 530 g/mol. The lowest BCUT2D eigenvalue weighted by molar-refractivity contribution is -0.121. The second-order valence-electron chi connectivity index (χ2n) is 9.61. The minimum atomic E-state index is -0.0382. The van der Waals surface area contributed by atoms with Gasteiger partial charge in [-0.1, -0.05) is 48.5 Å². The number of morpholine rings is 1. The van der Waals surface area contributed by atoms with Crippen LogP contribution in [0.3, 0.4) is 0 Å². The third-order valence-corrected chi connectivity index (χ3v) is 7.78. The summed E-state index contributed by atoms with van der Waals surface area (Å²) in [7, 11) is 0. The van der Waals surface area contributed by atoms with Crippen LogP contribution in [-0.4, -0.2) is 66.7 Å². The number of amides is 1. The summed E-state index contributed by atoms with van der Waals surface area (Å²) in [5, 5.41) is 6.22. The zero-order valence-electron chi connectivity index (χ0n) is 21.9. The molecule has 1 amide bonds. The van der Waals surface area contributed by atoms with E-state index in [9.17, 15) is 4.79 Å². The Bertz CT molecular complexity index is 1310. The van der Waals surface area contributed by atoms with Crippen molar-refractivity contribution < 1.29 is 9.53 Å². The molecule has 0 aliphatic carbocycles. The molecule has 0 spiro atoms. The molecule has 3 heterocycles. The Balaban J connectivity index is 1.35. The van der Waals surface area contributed by atoms with Crippen molar-refractivity contribution in [3.63, 3.8) is 0 Å². The van der Waals surface area contributed by atoms with Gasteiger partial charge >= 0.3 is 0 Å². The molecule has 2 aromatic heterocycles. The first-order valence-electron chi connectivity index (χ1n) is 13.4. The highest BCUT2D eigenvalue weighted by atomic mass is 32.1. The molecule has 4 aromatic rings. The zero-order chi connectivity index (χ0) is 26.2. The molecule has 38 heavy (non-hydrogen) atoms. The highest BCUT2D eigenvalue weighted by Crippen LogP contribution is 2.30. The number of fused-ring (bicyclic) bond motifs is 1. The van der Waals surface area contributed by atoms with Crippen LogP contribution in [0.15, 0.2) is 72.1 Å². The van der Waals surface area contributed by atoms with Crippen LogP contribution in [0.5, 0.6) is 0 Å². The van der Waals surface area contributed by atoms with Crippen LogP contribution in [0.25, 0.3) is 21.6 Å². The number of hydrogen-bond donors (Lipinski definition) is 1. The molecule has 2 aromatic carbocycles. The first kappa shape index (κ1) is 26.3. The highest BCUT2D eigenvalue weighted by Gasteiger charge is 2.19. The number of thiophene rings is 1. The van der Waals surface area contributed by atoms with Crippen LogP contribution in [0.1, 0.15) is 31.4 Å². The Morgan fingerprint density at radius 1 is 1.03 bits per heavy atom. The number of aromatic nitrogens is 2. The van der Waals surface area contributed by atoms with E-state index in [1.165, 1.54) is 0 Å². The van der Waals surface area contributed by atoms with Crippen LogP contribution in [-0.2, 0) is 9.53 Å². The topological polar surface area (TPSA) is 70.6 Å². The predicted octanol–water partition coefficient (Wildman–Crippen LogP) is 5.15. The van der Waals surface area contributed by atoms with E-state index in [4.69, 9.17) is 14.7 Å². The van der Waals surface area contributed by atoms with Gasteiger partial charge in [0.2, 0.25) is 5.91 Å². The number of rotatable bonds is 11. The fourth-order valence-corrected chi connectivity index (χ4v) is 5.48. The van der Waals surface area contributed by atoms with Crippen molar-refractivity contribution in [3.05, 3.63) is 77.7 Å². The average Bonchev–Trinajstić information content (AvgIpc) is 3.51. The number of para-hydroxylation sites is 1. The van der Waals surface area contributed by atoms with Gasteiger partial charge in [-0.3, -0.25) is 9.69 Å². The first-order chi connectivity index (χ1) is 18.7. The lowest BCUT2D eigenvalue weighted by Crippen LogP contribution is -2.39. The van der Waals surface area contributed by atoms with Gasteiger partial charge in [0, 0.05) is 44.5 Å². The minimum Gasteiger partial charge on any atom is -0.379 e. The molecule has 1 aliphatic rings. The molecule has 1 fully saturated rings. The summed E-state index contributed by atoms with van der Waals surface area (Å²) in [5.74, 6) is 1.66. The molecule has 1 aliphatic heterocycles. The van der Waals surface area contributed by atoms with Gasteiger partial charge in [0.25, 0.3) is 0 Å². The van der Waals surface area contributed by atoms with Crippen molar-refractivity contribution in [1.82, 2.24) is 20.2 Å². The summed E-state index contributed by atoms with van der Waals surface area (Å²) in [4.78, 5) is 28.7. The summed E-state index contributed by atoms with van der Waals surface area (Å²) < 4.78 is 5.51. The summed E-state index contributed by atoms with van der Waals surface area (Å²) >= 11 is 1.64. The van der Waals surface area contributed by atoms with Crippen molar-refractivity contribution in [3.8, 4) is 10.7 Å². The molecule has 1 atom stereocenters. The molecule has 7 nitrogen and oxygen atoms in total. The Morgan fingerprint density at radius 3 is 2.61 bits per heavy atom. The SMILES string of the molecule is C[C@@H](NC(=O)CCN(CCCN1CCOCC1)c1nc(-c2cccs2)nc2ccccc12)c1ccccc1. The molecule has 0 saturated carbocycles. The Hall–Kier alpha value is -3.33. The monoisotopic (exact) mass is 529 g/mol. The second-order valence-corrected chi connectivity index (χ2v) is 10.6. The summed E-state index contributed by atoms with van der Waals surface area (Å²) in [6, 6.07) is 22.3. The molecule has 5 rings (SSSR count). The van der Waals surface area contributed by atoms with E-state index in [2.05, 4.69) is 27.2 Å². The molecule has 0 unspecified atom stereocenters. The maximum Gasteiger partial charge on any atom is 0.222 e. The standard InChI is InChI=1S/C30H35N5O2S/c1-23(24-9-3-2-4-10-24)31-28(36)14-17-35(16-8-15-34-18-20-37-21-19-34)30-25-11-5-6-12-26(25)32-29(33-30)27-13-7-22-38-27/h2-7,9-13,22-23H,8,14-21H2,1H3,(H,31,36)/t23-/m1/s1. The highest BCUT2D eigenvalue weighted by molar-refractivity contribution is 7.13. The van der Waals surface area contributed by atoms with Crippen molar-refractivity contribution >= 4 is 34.0 Å². The van der Waals surface area contributed by atoms with E-state index in [1.807, 2.05) is 66.9 Å². The number of nitrogens with one attached hydrogen (secondary N) is 1. The molecule has 0 bridgehead atoms. The number of benzene rings is 2. The van der Waals surface area contributed by atoms with Crippen LogP contribution in [0.2, 0.25) is 0 Å². The van der Waals surface area contributed by atoms with Gasteiger partial charge in [0.05, 0.1) is 29.6 Å². The normalized spacial score (nSPS) is 14.9. The summed E-state index contributed by atoms with van der Waals surface area (Å²) in [6.07, 6.45) is 1.37. The van der Waals surface area contributed by atoms with Gasteiger partial charge in [-0.15, -0.1) is 11.3 Å². The van der Waals surface area contributed by atoms with Gasteiger partial charge in [0.1, 0.15) is 5.82 Å². The van der Waals surface area contributed by atoms with Crippen molar-refractivity contribution in [2.75, 3.05) is 50.8 Å². The Kier molecular flexibility index (Phi) is 8.96. The first-order valence-corrected chi connectivity index (χ1v) is 14.3. The van der Waals surface area contributed by atoms with Gasteiger partial charge < -0.3 is 15.0 Å². The van der Waals surface area contributed by atoms with E-state index in [0.29, 0.717) is 13.0 Å². The van der Waals surface area contributed by atoms with Gasteiger partial charge in [0.15, 0.2) is 5.82 Å². The lowest BCUT2D eigenvalue weighted by Gasteiger charge is -2.29. The summed E-state index contributed by atoms with van der Waals surface area (Å²) in [5.41, 5.74) is 2.02. The van der Waals surface area contributed by atoms with Crippen LogP contribution >= 0.6 is 11.3 Å². The second kappa shape index (κ2) is 13.0. The maximum atomic E-state index is 13.0. The van der Waals surface area contributed by atoms with Crippen molar-refractivity contribution in [2.24, 2.45) is 0 Å². The number of hydrogen-bond acceptors (Lipinski definition) is 7. The number of carbonyl (C=O) groups excluding carboxylic acids is 1. The predicted molar refractivity (Wildman–Crippen MR) is 155 cm³/mol. The molecule has 1 N–H and O–H groups in total. The van der Waals surface area contributed by atoms with Gasteiger partial charge in [-0.05, 0) is 42.5 Å². The number of ether oxygens (including phenoxy) is 1. The van der Waals surface area contributed by atoms with E-state index in [-0.39, 0.29) is 11.9 Å². The Labute approximate surface area is 228 Å². The molecule has 8 heteroatoms. The number of nitrogens with zero attached hydrogens (tertiary/aromatic N) is 4. The van der Waals surface area contributed by atoms with Gasteiger partial charge in [-0.2, -0.15) is 0 Å².